The molecule has 0 saturated carbocycles. The van der Waals surface area contributed by atoms with Crippen molar-refractivity contribution < 1.29 is 4.79 Å². The van der Waals surface area contributed by atoms with Crippen molar-refractivity contribution in [1.82, 2.24) is 4.98 Å². The molecule has 0 aliphatic heterocycles. The smallest absolute Gasteiger partial charge is 0.249 e. The summed E-state index contributed by atoms with van der Waals surface area (Å²) in [5.41, 5.74) is 0.685. The molecule has 1 N–H and O–H groups in total. The fourth-order valence-corrected chi connectivity index (χ4v) is 1.29. The first kappa shape index (κ1) is 7.73. The number of fused-ring (bicyclic) bond motifs is 1. The predicted molar refractivity (Wildman–Crippen MR) is 49.4 cm³/mol. The predicted octanol–water partition coefficient (Wildman–Crippen LogP) is 0.986. The summed E-state index contributed by atoms with van der Waals surface area (Å²) in [5, 5.41) is 0.720. The van der Waals surface area contributed by atoms with Gasteiger partial charge in [0.2, 0.25) is 11.8 Å². The zero-order chi connectivity index (χ0) is 9.26. The zero-order valence-electron chi connectivity index (χ0n) is 6.70. The van der Waals surface area contributed by atoms with E-state index in [0.717, 1.165) is 5.39 Å². The minimum Gasteiger partial charge on any atom is -0.322 e. The highest BCUT2D eigenvalue weighted by molar-refractivity contribution is 5.96. The summed E-state index contributed by atoms with van der Waals surface area (Å²) >= 11 is 0. The van der Waals surface area contributed by atoms with Gasteiger partial charge in [-0.05, 0) is 6.07 Å². The standard InChI is InChI=1S/C10H6NO2/c12-6-7-5-10(13)11-9-4-2-1-3-8(7)9/h1-5H,(H,11,13). The summed E-state index contributed by atoms with van der Waals surface area (Å²) in [6.45, 7) is 0. The first-order chi connectivity index (χ1) is 6.31. The van der Waals surface area contributed by atoms with Crippen LogP contribution in [0, 0.1) is 0 Å². The summed E-state index contributed by atoms with van der Waals surface area (Å²) in [5.74, 6) is 0. The molecule has 0 aliphatic carbocycles. The lowest BCUT2D eigenvalue weighted by atomic mass is 10.1. The van der Waals surface area contributed by atoms with E-state index in [-0.39, 0.29) is 5.56 Å². The number of benzene rings is 1. The third-order valence-electron chi connectivity index (χ3n) is 1.86. The molecular weight excluding hydrogens is 166 g/mol. The second-order valence-electron chi connectivity index (χ2n) is 2.69. The van der Waals surface area contributed by atoms with Gasteiger partial charge in [0.15, 0.2) is 0 Å². The van der Waals surface area contributed by atoms with E-state index in [1.165, 1.54) is 6.07 Å². The maximum atomic E-state index is 11.0. The minimum absolute atomic E-state index is 0.281. The molecule has 0 unspecified atom stereocenters. The van der Waals surface area contributed by atoms with Crippen LogP contribution in [-0.2, 0) is 4.79 Å². The topological polar surface area (TPSA) is 49.9 Å². The van der Waals surface area contributed by atoms with Gasteiger partial charge < -0.3 is 4.98 Å². The van der Waals surface area contributed by atoms with Crippen molar-refractivity contribution in [2.75, 3.05) is 0 Å². The molecule has 3 nitrogen and oxygen atoms in total. The van der Waals surface area contributed by atoms with E-state index in [9.17, 15) is 9.59 Å². The third kappa shape index (κ3) is 1.24. The largest absolute Gasteiger partial charge is 0.322 e. The van der Waals surface area contributed by atoms with Crippen LogP contribution in [0.15, 0.2) is 35.1 Å². The monoisotopic (exact) mass is 172 g/mol. The molecule has 3 heteroatoms. The molecule has 1 aromatic heterocycles. The average Bonchev–Trinajstić information content (AvgIpc) is 2.16. The number of aromatic amines is 1. The Morgan fingerprint density at radius 1 is 1.23 bits per heavy atom. The van der Waals surface area contributed by atoms with Crippen LogP contribution in [0.1, 0.15) is 5.56 Å². The van der Waals surface area contributed by atoms with Crippen molar-refractivity contribution in [3.63, 3.8) is 0 Å². The molecule has 2 rings (SSSR count). The molecule has 13 heavy (non-hydrogen) atoms. The Kier molecular flexibility index (Phi) is 1.70. The number of hydrogen-bond acceptors (Lipinski definition) is 2. The molecule has 0 fully saturated rings. The van der Waals surface area contributed by atoms with E-state index in [0.29, 0.717) is 11.1 Å². The van der Waals surface area contributed by atoms with Crippen LogP contribution >= 0.6 is 0 Å². The highest BCUT2D eigenvalue weighted by Gasteiger charge is 2.00. The minimum atomic E-state index is -0.281. The van der Waals surface area contributed by atoms with E-state index >= 15 is 0 Å². The molecule has 0 saturated heterocycles. The number of para-hydroxylation sites is 1. The maximum absolute atomic E-state index is 11.0. The second-order valence-corrected chi connectivity index (χ2v) is 2.69. The van der Waals surface area contributed by atoms with Crippen LogP contribution < -0.4 is 5.56 Å². The van der Waals surface area contributed by atoms with Crippen molar-refractivity contribution in [3.05, 3.63) is 46.2 Å². The Morgan fingerprint density at radius 3 is 2.77 bits per heavy atom. The number of hydrogen-bond donors (Lipinski definition) is 1. The van der Waals surface area contributed by atoms with E-state index < -0.39 is 0 Å². The van der Waals surface area contributed by atoms with Crippen molar-refractivity contribution in [2.24, 2.45) is 0 Å². The van der Waals surface area contributed by atoms with E-state index in [1.54, 1.807) is 24.5 Å². The molecule has 2 aromatic rings. The number of aromatic nitrogens is 1. The maximum Gasteiger partial charge on any atom is 0.249 e. The van der Waals surface area contributed by atoms with Crippen LogP contribution in [0.3, 0.4) is 0 Å². The first-order valence-electron chi connectivity index (χ1n) is 3.81. The van der Waals surface area contributed by atoms with E-state index in [2.05, 4.69) is 4.98 Å². The molecule has 1 aromatic carbocycles. The Hall–Kier alpha value is -1.90. The lowest BCUT2D eigenvalue weighted by Crippen LogP contribution is -2.05. The molecular formula is C10H6NO2. The quantitative estimate of drug-likeness (QED) is 0.697. The van der Waals surface area contributed by atoms with Crippen LogP contribution in [0.25, 0.3) is 10.9 Å². The summed E-state index contributed by atoms with van der Waals surface area (Å²) in [6.07, 6.45) is 1.74. The fraction of sp³-hybridized carbons (Fsp3) is 0. The normalized spacial score (nSPS) is 10.2. The number of pyridine rings is 1. The highest BCUT2D eigenvalue weighted by Crippen LogP contribution is 2.11. The summed E-state index contributed by atoms with van der Waals surface area (Å²) in [7, 11) is 0. The molecule has 0 bridgehead atoms. The molecule has 0 spiro atoms. The molecule has 0 atom stereocenters. The van der Waals surface area contributed by atoms with Gasteiger partial charge in [-0.3, -0.25) is 9.59 Å². The molecule has 1 radical (unpaired) electrons. The number of H-pyrrole nitrogens is 1. The van der Waals surface area contributed by atoms with Gasteiger partial charge in [0.1, 0.15) is 0 Å². The van der Waals surface area contributed by atoms with Gasteiger partial charge in [-0.2, -0.15) is 0 Å². The van der Waals surface area contributed by atoms with Crippen molar-refractivity contribution >= 4 is 17.2 Å². The Balaban J connectivity index is 2.97. The van der Waals surface area contributed by atoms with Crippen LogP contribution in [0.5, 0.6) is 0 Å². The number of nitrogens with one attached hydrogen (secondary N) is 1. The van der Waals surface area contributed by atoms with Gasteiger partial charge in [-0.15, -0.1) is 0 Å². The van der Waals surface area contributed by atoms with Gasteiger partial charge in [0, 0.05) is 22.5 Å². The first-order valence-corrected chi connectivity index (χ1v) is 3.81. The van der Waals surface area contributed by atoms with Crippen molar-refractivity contribution in [2.45, 2.75) is 0 Å². The van der Waals surface area contributed by atoms with Crippen molar-refractivity contribution in [3.8, 4) is 0 Å². The Morgan fingerprint density at radius 2 is 2.00 bits per heavy atom. The fourth-order valence-electron chi connectivity index (χ4n) is 1.29. The van der Waals surface area contributed by atoms with Gasteiger partial charge in [0.05, 0.1) is 0 Å². The van der Waals surface area contributed by atoms with Gasteiger partial charge >= 0.3 is 0 Å². The lowest BCUT2D eigenvalue weighted by molar-refractivity contribution is 0.563. The number of carbonyl (C=O) groups excluding carboxylic acids is 1. The van der Waals surface area contributed by atoms with Crippen LogP contribution in [-0.4, -0.2) is 11.3 Å². The lowest BCUT2D eigenvalue weighted by Gasteiger charge is -1.97. The van der Waals surface area contributed by atoms with E-state index in [1.807, 2.05) is 6.07 Å². The zero-order valence-corrected chi connectivity index (χ0v) is 6.70. The van der Waals surface area contributed by atoms with Gasteiger partial charge in [-0.1, -0.05) is 18.2 Å². The third-order valence-corrected chi connectivity index (χ3v) is 1.86. The second kappa shape index (κ2) is 2.86. The molecule has 63 valence electrons. The van der Waals surface area contributed by atoms with E-state index in [4.69, 9.17) is 0 Å². The molecule has 0 aliphatic rings. The Labute approximate surface area is 74.0 Å². The SMILES string of the molecule is O=[C]c1cc(=O)[nH]c2ccccc12. The molecule has 0 amide bonds. The van der Waals surface area contributed by atoms with Crippen molar-refractivity contribution in [1.29, 1.82) is 0 Å². The highest BCUT2D eigenvalue weighted by atomic mass is 16.1. The van der Waals surface area contributed by atoms with Crippen LogP contribution in [0.4, 0.5) is 0 Å². The summed E-state index contributed by atoms with van der Waals surface area (Å²) in [4.78, 5) is 24.2. The average molecular weight is 172 g/mol. The molecule has 1 heterocycles. The van der Waals surface area contributed by atoms with Gasteiger partial charge in [-0.25, -0.2) is 0 Å². The summed E-state index contributed by atoms with van der Waals surface area (Å²) < 4.78 is 0. The summed E-state index contributed by atoms with van der Waals surface area (Å²) in [6, 6.07) is 8.37. The van der Waals surface area contributed by atoms with Crippen LogP contribution in [0.2, 0.25) is 0 Å². The Bertz CT molecular complexity index is 514. The number of rotatable bonds is 1. The van der Waals surface area contributed by atoms with Gasteiger partial charge in [0.25, 0.3) is 0 Å².